The number of nitrogens with zero attached hydrogens (tertiary/aromatic N) is 2. The fourth-order valence-corrected chi connectivity index (χ4v) is 4.68. The molecule has 1 N–H and O–H groups in total. The maximum absolute atomic E-state index is 13.5. The Balaban J connectivity index is 1.55. The highest BCUT2D eigenvalue weighted by atomic mass is 19.1. The zero-order valence-corrected chi connectivity index (χ0v) is 20.5. The van der Waals surface area contributed by atoms with Crippen molar-refractivity contribution in [3.05, 3.63) is 65.1 Å². The molecular weight excluding hydrogens is 449 g/mol. The van der Waals surface area contributed by atoms with Crippen molar-refractivity contribution in [3.8, 4) is 5.75 Å². The second kappa shape index (κ2) is 9.52. The summed E-state index contributed by atoms with van der Waals surface area (Å²) in [5.74, 6) is -1.29. The molecule has 0 bridgehead atoms. The largest absolute Gasteiger partial charge is 0.496 e. The Morgan fingerprint density at radius 1 is 1.09 bits per heavy atom. The molecule has 1 aliphatic rings. The van der Waals surface area contributed by atoms with Crippen molar-refractivity contribution in [1.82, 2.24) is 14.8 Å². The van der Waals surface area contributed by atoms with Gasteiger partial charge in [-0.2, -0.15) is 0 Å². The maximum Gasteiger partial charge on any atom is 0.294 e. The molecule has 0 unspecified atom stereocenters. The van der Waals surface area contributed by atoms with E-state index in [0.717, 1.165) is 24.8 Å². The number of benzene rings is 2. The number of amides is 2. The molecule has 1 aliphatic heterocycles. The Morgan fingerprint density at radius 2 is 1.74 bits per heavy atom. The van der Waals surface area contributed by atoms with Crippen molar-refractivity contribution in [2.75, 3.05) is 34.3 Å². The summed E-state index contributed by atoms with van der Waals surface area (Å²) in [6, 6.07) is 9.90. The second-order valence-corrected chi connectivity index (χ2v) is 9.74. The van der Waals surface area contributed by atoms with E-state index in [0.29, 0.717) is 35.3 Å². The van der Waals surface area contributed by atoms with E-state index in [4.69, 9.17) is 4.74 Å². The Kier molecular flexibility index (Phi) is 6.65. The highest BCUT2D eigenvalue weighted by Crippen LogP contribution is 2.36. The zero-order valence-electron chi connectivity index (χ0n) is 20.5. The smallest absolute Gasteiger partial charge is 0.294 e. The van der Waals surface area contributed by atoms with E-state index in [1.807, 2.05) is 12.1 Å². The molecule has 0 radical (unpaired) electrons. The van der Waals surface area contributed by atoms with Crippen LogP contribution in [0.15, 0.2) is 42.6 Å². The quantitative estimate of drug-likeness (QED) is 0.427. The van der Waals surface area contributed by atoms with Gasteiger partial charge in [-0.1, -0.05) is 19.1 Å². The molecule has 2 heterocycles. The van der Waals surface area contributed by atoms with Gasteiger partial charge in [-0.3, -0.25) is 14.4 Å². The SMILES string of the molecule is COc1cc2[nH]cc(C(=O)C(=O)N(C)C)c2cc1C(=O)N1CCC(C)(Cc2ccc(F)cc2)CC1. The lowest BCUT2D eigenvalue weighted by Crippen LogP contribution is -2.43. The normalized spacial score (nSPS) is 15.2. The molecule has 2 aromatic carbocycles. The van der Waals surface area contributed by atoms with Crippen molar-refractivity contribution in [2.24, 2.45) is 5.41 Å². The average Bonchev–Trinajstić information content (AvgIpc) is 3.26. The van der Waals surface area contributed by atoms with Crippen molar-refractivity contribution in [2.45, 2.75) is 26.2 Å². The van der Waals surface area contributed by atoms with E-state index in [2.05, 4.69) is 11.9 Å². The van der Waals surface area contributed by atoms with Crippen LogP contribution in [-0.2, 0) is 11.2 Å². The molecule has 1 saturated heterocycles. The Morgan fingerprint density at radius 3 is 2.34 bits per heavy atom. The van der Waals surface area contributed by atoms with Gasteiger partial charge in [0, 0.05) is 50.4 Å². The van der Waals surface area contributed by atoms with E-state index in [1.54, 1.807) is 17.0 Å². The lowest BCUT2D eigenvalue weighted by Gasteiger charge is -2.39. The number of H-pyrrole nitrogens is 1. The fraction of sp³-hybridized carbons (Fsp3) is 0.370. The van der Waals surface area contributed by atoms with E-state index in [1.165, 1.54) is 44.4 Å². The minimum absolute atomic E-state index is 0.00934. The number of halogens is 1. The van der Waals surface area contributed by atoms with Crippen molar-refractivity contribution in [3.63, 3.8) is 0 Å². The van der Waals surface area contributed by atoms with Gasteiger partial charge in [0.15, 0.2) is 0 Å². The first-order valence-electron chi connectivity index (χ1n) is 11.6. The van der Waals surface area contributed by atoms with Crippen LogP contribution < -0.4 is 4.74 Å². The van der Waals surface area contributed by atoms with Gasteiger partial charge in [0.25, 0.3) is 17.6 Å². The van der Waals surface area contributed by atoms with Crippen LogP contribution in [0.3, 0.4) is 0 Å². The molecular formula is C27H30FN3O4. The Hall–Kier alpha value is -3.68. The van der Waals surface area contributed by atoms with Crippen LogP contribution in [0.1, 0.15) is 46.0 Å². The van der Waals surface area contributed by atoms with Gasteiger partial charge in [-0.25, -0.2) is 4.39 Å². The molecule has 4 rings (SSSR count). The maximum atomic E-state index is 13.5. The number of rotatable bonds is 6. The first-order chi connectivity index (χ1) is 16.6. The van der Waals surface area contributed by atoms with E-state index < -0.39 is 11.7 Å². The molecule has 184 valence electrons. The minimum Gasteiger partial charge on any atom is -0.496 e. The number of hydrogen-bond acceptors (Lipinski definition) is 4. The first kappa shape index (κ1) is 24.4. The van der Waals surface area contributed by atoms with Gasteiger partial charge in [0.1, 0.15) is 11.6 Å². The summed E-state index contributed by atoms with van der Waals surface area (Å²) >= 11 is 0. The van der Waals surface area contributed by atoms with Gasteiger partial charge in [-0.15, -0.1) is 0 Å². The molecule has 2 amide bonds. The molecule has 3 aromatic rings. The monoisotopic (exact) mass is 479 g/mol. The number of fused-ring (bicyclic) bond motifs is 1. The first-order valence-corrected chi connectivity index (χ1v) is 11.6. The number of methoxy groups -OCH3 is 1. The summed E-state index contributed by atoms with van der Waals surface area (Å²) in [7, 11) is 4.54. The summed E-state index contributed by atoms with van der Waals surface area (Å²) in [5, 5.41) is 0.507. The van der Waals surface area contributed by atoms with Crippen molar-refractivity contribution < 1.29 is 23.5 Å². The summed E-state index contributed by atoms with van der Waals surface area (Å²) in [6.07, 6.45) is 3.93. The number of aromatic amines is 1. The van der Waals surface area contributed by atoms with Gasteiger partial charge >= 0.3 is 0 Å². The van der Waals surface area contributed by atoms with Gasteiger partial charge < -0.3 is 19.5 Å². The number of nitrogens with one attached hydrogen (secondary N) is 1. The van der Waals surface area contributed by atoms with Gasteiger partial charge in [0.2, 0.25) is 0 Å². The van der Waals surface area contributed by atoms with Crippen LogP contribution >= 0.6 is 0 Å². The molecule has 0 aliphatic carbocycles. The number of ether oxygens (including phenoxy) is 1. The lowest BCUT2D eigenvalue weighted by molar-refractivity contribution is -0.124. The number of hydrogen-bond donors (Lipinski definition) is 1. The van der Waals surface area contributed by atoms with Crippen LogP contribution in [0.2, 0.25) is 0 Å². The van der Waals surface area contributed by atoms with Crippen LogP contribution in [0.5, 0.6) is 5.75 Å². The van der Waals surface area contributed by atoms with Crippen LogP contribution in [0, 0.1) is 11.2 Å². The van der Waals surface area contributed by atoms with Crippen molar-refractivity contribution in [1.29, 1.82) is 0 Å². The minimum atomic E-state index is -0.639. The van der Waals surface area contributed by atoms with Crippen LogP contribution in [0.4, 0.5) is 4.39 Å². The third kappa shape index (κ3) is 4.92. The average molecular weight is 480 g/mol. The number of carbonyl (C=O) groups is 3. The van der Waals surface area contributed by atoms with Crippen molar-refractivity contribution >= 4 is 28.5 Å². The predicted molar refractivity (Wildman–Crippen MR) is 131 cm³/mol. The van der Waals surface area contributed by atoms with E-state index in [9.17, 15) is 18.8 Å². The molecule has 0 atom stereocenters. The summed E-state index contributed by atoms with van der Waals surface area (Å²) in [5.41, 5.74) is 2.28. The van der Waals surface area contributed by atoms with Gasteiger partial charge in [0.05, 0.1) is 18.2 Å². The predicted octanol–water partition coefficient (Wildman–Crippen LogP) is 4.07. The summed E-state index contributed by atoms with van der Waals surface area (Å²) in [6.45, 7) is 3.36. The number of ketones is 1. The van der Waals surface area contributed by atoms with Crippen LogP contribution in [0.25, 0.3) is 10.9 Å². The standard InChI is InChI=1S/C27H30FN3O4/c1-27(15-17-5-7-18(28)8-6-17)9-11-31(12-10-27)25(33)20-13-19-21(24(32)26(34)30(2)3)16-29-22(19)14-23(20)35-4/h5-8,13-14,16,29H,9-12,15H2,1-4H3. The Bertz CT molecular complexity index is 1270. The molecule has 35 heavy (non-hydrogen) atoms. The van der Waals surface area contributed by atoms with Gasteiger partial charge in [-0.05, 0) is 48.4 Å². The molecule has 0 spiro atoms. The lowest BCUT2D eigenvalue weighted by atomic mass is 9.75. The molecule has 0 saturated carbocycles. The topological polar surface area (TPSA) is 82.7 Å². The highest BCUT2D eigenvalue weighted by molar-refractivity contribution is 6.44. The number of likely N-dealkylation sites (N-methyl/N-ethyl adjacent to an activating group) is 1. The number of carbonyl (C=O) groups excluding carboxylic acids is 3. The number of aromatic nitrogens is 1. The zero-order chi connectivity index (χ0) is 25.3. The summed E-state index contributed by atoms with van der Waals surface area (Å²) < 4.78 is 18.7. The molecule has 7 nitrogen and oxygen atoms in total. The Labute approximate surface area is 203 Å². The number of piperidine rings is 1. The van der Waals surface area contributed by atoms with E-state index in [-0.39, 0.29) is 22.7 Å². The second-order valence-electron chi connectivity index (χ2n) is 9.74. The summed E-state index contributed by atoms with van der Waals surface area (Å²) in [4.78, 5) is 44.4. The third-order valence-electron chi connectivity index (χ3n) is 6.88. The third-order valence-corrected chi connectivity index (χ3v) is 6.88. The molecule has 1 aromatic heterocycles. The molecule has 1 fully saturated rings. The van der Waals surface area contributed by atoms with E-state index >= 15 is 0 Å². The molecule has 8 heteroatoms. The number of likely N-dealkylation sites (tertiary alicyclic amines) is 1. The van der Waals surface area contributed by atoms with Crippen LogP contribution in [-0.4, -0.2) is 66.7 Å². The fourth-order valence-electron chi connectivity index (χ4n) is 4.68. The highest BCUT2D eigenvalue weighted by Gasteiger charge is 2.33. The number of Topliss-reactive ketones (excluding diaryl/α,β-unsaturated/α-hetero) is 1.